The van der Waals surface area contributed by atoms with Crippen LogP contribution in [0.2, 0.25) is 0 Å². The molecule has 1 aliphatic heterocycles. The number of carboxylic acid groups (broad SMARTS) is 1. The third-order valence-electron chi connectivity index (χ3n) is 4.48. The first kappa shape index (κ1) is 20.5. The van der Waals surface area contributed by atoms with Crippen LogP contribution in [0.4, 0.5) is 0 Å². The molecule has 146 valence electrons. The van der Waals surface area contributed by atoms with Gasteiger partial charge in [-0.3, -0.25) is 4.79 Å². The summed E-state index contributed by atoms with van der Waals surface area (Å²) in [5.74, 6) is 0.186. The summed E-state index contributed by atoms with van der Waals surface area (Å²) in [6.07, 6.45) is 5.18. The number of aliphatic hydroxyl groups excluding tert-OH is 1. The van der Waals surface area contributed by atoms with E-state index in [1.807, 2.05) is 10.8 Å². The van der Waals surface area contributed by atoms with Gasteiger partial charge in [0.25, 0.3) is 6.47 Å². The summed E-state index contributed by atoms with van der Waals surface area (Å²) >= 11 is 0. The lowest BCUT2D eigenvalue weighted by atomic mass is 9.81. The first-order valence-electron chi connectivity index (χ1n) is 8.42. The van der Waals surface area contributed by atoms with E-state index >= 15 is 0 Å². The largest absolute Gasteiger partial charge is 0.483 e. The van der Waals surface area contributed by atoms with Crippen molar-refractivity contribution in [2.24, 2.45) is 5.41 Å². The van der Waals surface area contributed by atoms with Crippen LogP contribution in [-0.4, -0.2) is 64.1 Å². The summed E-state index contributed by atoms with van der Waals surface area (Å²) in [5.41, 5.74) is 0.628. The van der Waals surface area contributed by atoms with E-state index in [9.17, 15) is 9.90 Å². The Balaban J connectivity index is 0.000000817. The number of aliphatic hydroxyl groups is 1. The fraction of sp³-hybridized carbons (Fsp3) is 0.444. The zero-order valence-electron chi connectivity index (χ0n) is 15.1. The smallest absolute Gasteiger partial charge is 0.356 e. The predicted molar refractivity (Wildman–Crippen MR) is 95.1 cm³/mol. The van der Waals surface area contributed by atoms with E-state index in [1.165, 1.54) is 7.11 Å². The number of pyridine rings is 1. The second-order valence-corrected chi connectivity index (χ2v) is 6.15. The molecule has 0 radical (unpaired) electrons. The van der Waals surface area contributed by atoms with Gasteiger partial charge in [-0.1, -0.05) is 6.07 Å². The Labute approximate surface area is 156 Å². The van der Waals surface area contributed by atoms with Gasteiger partial charge >= 0.3 is 5.97 Å². The van der Waals surface area contributed by atoms with Crippen molar-refractivity contribution in [1.82, 2.24) is 14.5 Å². The van der Waals surface area contributed by atoms with E-state index in [2.05, 4.69) is 9.97 Å². The van der Waals surface area contributed by atoms with Crippen LogP contribution in [-0.2, 0) is 20.8 Å². The van der Waals surface area contributed by atoms with E-state index in [-0.39, 0.29) is 24.2 Å². The summed E-state index contributed by atoms with van der Waals surface area (Å²) in [7, 11) is 1.33. The maximum atomic E-state index is 11.7. The third-order valence-corrected chi connectivity index (χ3v) is 4.48. The zero-order valence-corrected chi connectivity index (χ0v) is 15.1. The molecule has 0 saturated carbocycles. The molecule has 9 heteroatoms. The van der Waals surface area contributed by atoms with Crippen molar-refractivity contribution in [2.75, 3.05) is 26.9 Å². The molecular weight excluding hydrogens is 354 g/mol. The number of ether oxygens (including phenoxy) is 2. The van der Waals surface area contributed by atoms with Crippen molar-refractivity contribution in [3.05, 3.63) is 36.3 Å². The van der Waals surface area contributed by atoms with Gasteiger partial charge in [0, 0.05) is 37.6 Å². The summed E-state index contributed by atoms with van der Waals surface area (Å²) in [6.45, 7) is 1.79. The average molecular weight is 377 g/mol. The number of hydrogen-bond donors (Lipinski definition) is 2. The van der Waals surface area contributed by atoms with Crippen LogP contribution in [0.5, 0.6) is 0 Å². The summed E-state index contributed by atoms with van der Waals surface area (Å²) < 4.78 is 12.1. The van der Waals surface area contributed by atoms with Crippen LogP contribution in [0.15, 0.2) is 30.6 Å². The summed E-state index contributed by atoms with van der Waals surface area (Å²) in [6, 6.07) is 5.17. The normalized spacial score (nSPS) is 15.3. The van der Waals surface area contributed by atoms with Gasteiger partial charge in [-0.2, -0.15) is 0 Å². The van der Waals surface area contributed by atoms with Gasteiger partial charge in [-0.15, -0.1) is 0 Å². The number of aromatic nitrogens is 3. The Hall–Kier alpha value is -2.78. The van der Waals surface area contributed by atoms with Gasteiger partial charge in [-0.05, 0) is 25.0 Å². The third kappa shape index (κ3) is 5.11. The van der Waals surface area contributed by atoms with Crippen molar-refractivity contribution in [1.29, 1.82) is 0 Å². The molecule has 1 saturated heterocycles. The van der Waals surface area contributed by atoms with Crippen LogP contribution in [0.3, 0.4) is 0 Å². The number of imidazole rings is 1. The molecule has 27 heavy (non-hydrogen) atoms. The van der Waals surface area contributed by atoms with Crippen LogP contribution in [0.25, 0.3) is 11.5 Å². The minimum absolute atomic E-state index is 0.101. The number of carbonyl (C=O) groups is 2. The first-order chi connectivity index (χ1) is 13.1. The fourth-order valence-electron chi connectivity index (χ4n) is 2.98. The number of nitrogens with zero attached hydrogens (tertiary/aromatic N) is 3. The van der Waals surface area contributed by atoms with Gasteiger partial charge in [0.15, 0.2) is 5.82 Å². The molecule has 9 nitrogen and oxygen atoms in total. The van der Waals surface area contributed by atoms with Gasteiger partial charge < -0.3 is 24.3 Å². The highest BCUT2D eigenvalue weighted by Crippen LogP contribution is 2.33. The molecule has 0 spiro atoms. The van der Waals surface area contributed by atoms with E-state index in [1.54, 1.807) is 24.4 Å². The van der Waals surface area contributed by atoms with Crippen molar-refractivity contribution in [2.45, 2.75) is 19.4 Å². The fourth-order valence-corrected chi connectivity index (χ4v) is 2.98. The number of hydrogen-bond acceptors (Lipinski definition) is 7. The molecule has 2 N–H and O–H groups in total. The zero-order chi connectivity index (χ0) is 19.7. The van der Waals surface area contributed by atoms with Crippen molar-refractivity contribution >= 4 is 12.4 Å². The van der Waals surface area contributed by atoms with Crippen molar-refractivity contribution in [3.63, 3.8) is 0 Å². The van der Waals surface area contributed by atoms with Crippen molar-refractivity contribution in [3.8, 4) is 11.5 Å². The second-order valence-electron chi connectivity index (χ2n) is 6.15. The first-order valence-corrected chi connectivity index (χ1v) is 8.42. The Bertz CT molecular complexity index is 755. The molecule has 1 fully saturated rings. The number of rotatable bonds is 5. The minimum Gasteiger partial charge on any atom is -0.483 e. The molecule has 2 aromatic heterocycles. The second kappa shape index (κ2) is 9.79. The molecule has 1 aliphatic rings. The van der Waals surface area contributed by atoms with Gasteiger partial charge in [-0.25, -0.2) is 14.8 Å². The monoisotopic (exact) mass is 377 g/mol. The maximum Gasteiger partial charge on any atom is 0.356 e. The van der Waals surface area contributed by atoms with E-state index in [0.717, 1.165) is 12.8 Å². The lowest BCUT2D eigenvalue weighted by Gasteiger charge is -2.36. The van der Waals surface area contributed by atoms with E-state index < -0.39 is 5.97 Å². The SMILES string of the molecule is COC(=O)c1cccc(-c2nccn2CC2(CO)CCOCC2)n1.O=CO. The van der Waals surface area contributed by atoms with Crippen LogP contribution in [0.1, 0.15) is 23.3 Å². The minimum atomic E-state index is -0.480. The number of carbonyl (C=O) groups excluding carboxylic acids is 1. The van der Waals surface area contributed by atoms with E-state index in [4.69, 9.17) is 19.4 Å². The standard InChI is InChI=1S/C17H21N3O4.CH2O2/c1-23-16(22)14-4-2-3-13(19-14)15-18-7-8-20(15)11-17(12-21)5-9-24-10-6-17;2-1-3/h2-4,7-8,21H,5-6,9-12H2,1H3;1H,(H,2,3). The molecule has 0 bridgehead atoms. The van der Waals surface area contributed by atoms with Crippen LogP contribution < -0.4 is 0 Å². The highest BCUT2D eigenvalue weighted by molar-refractivity contribution is 5.87. The number of methoxy groups -OCH3 is 1. The topological polar surface area (TPSA) is 124 Å². The molecule has 0 amide bonds. The molecule has 0 aromatic carbocycles. The molecule has 0 aliphatic carbocycles. The van der Waals surface area contributed by atoms with Gasteiger partial charge in [0.1, 0.15) is 11.4 Å². The molecule has 0 atom stereocenters. The van der Waals surface area contributed by atoms with E-state index in [0.29, 0.717) is 31.3 Å². The van der Waals surface area contributed by atoms with Crippen molar-refractivity contribution < 1.29 is 29.3 Å². The average Bonchev–Trinajstić information content (AvgIpc) is 3.16. The molecule has 0 unspecified atom stereocenters. The lowest BCUT2D eigenvalue weighted by Crippen LogP contribution is -2.37. The highest BCUT2D eigenvalue weighted by atomic mass is 16.5. The highest BCUT2D eigenvalue weighted by Gasteiger charge is 2.33. The van der Waals surface area contributed by atoms with Crippen LogP contribution >= 0.6 is 0 Å². The molecule has 2 aromatic rings. The lowest BCUT2D eigenvalue weighted by molar-refractivity contribution is -0.122. The Morgan fingerprint density at radius 1 is 1.41 bits per heavy atom. The van der Waals surface area contributed by atoms with Gasteiger partial charge in [0.2, 0.25) is 0 Å². The Morgan fingerprint density at radius 2 is 2.11 bits per heavy atom. The quantitative estimate of drug-likeness (QED) is 0.589. The maximum absolute atomic E-state index is 11.7. The van der Waals surface area contributed by atoms with Gasteiger partial charge in [0.05, 0.1) is 13.7 Å². The predicted octanol–water partition coefficient (Wildman–Crippen LogP) is 1.22. The van der Waals surface area contributed by atoms with Crippen LogP contribution in [0, 0.1) is 5.41 Å². The molecular formula is C18H23N3O6. The summed E-state index contributed by atoms with van der Waals surface area (Å²) in [4.78, 5) is 28.8. The molecule has 3 rings (SSSR count). The Kier molecular flexibility index (Phi) is 7.44. The number of esters is 1. The molecule has 3 heterocycles. The Morgan fingerprint density at radius 3 is 2.74 bits per heavy atom. The summed E-state index contributed by atoms with van der Waals surface area (Å²) in [5, 5.41) is 16.8.